The van der Waals surface area contributed by atoms with Gasteiger partial charge in [0.05, 0.1) is 0 Å². The van der Waals surface area contributed by atoms with Gasteiger partial charge < -0.3 is 0 Å². The van der Waals surface area contributed by atoms with Crippen molar-refractivity contribution in [2.24, 2.45) is 5.92 Å². The topological polar surface area (TPSA) is 58.6 Å². The summed E-state index contributed by atoms with van der Waals surface area (Å²) in [7, 11) is 0. The Hall–Kier alpha value is -1.62. The van der Waals surface area contributed by atoms with Crippen LogP contribution in [0.1, 0.15) is 13.8 Å². The molecule has 2 rings (SSSR count). The Labute approximate surface area is 110 Å². The quantitative estimate of drug-likeness (QED) is 0.859. The summed E-state index contributed by atoms with van der Waals surface area (Å²) in [5.74, 6) is 1.46. The Morgan fingerprint density at radius 1 is 1.22 bits per heavy atom. The summed E-state index contributed by atoms with van der Waals surface area (Å²) >= 11 is 1.52. The fourth-order valence-electron chi connectivity index (χ4n) is 1.42. The average Bonchev–Trinajstić information content (AvgIpc) is 2.37. The lowest BCUT2D eigenvalue weighted by Crippen LogP contribution is -2.14. The lowest BCUT2D eigenvalue weighted by molar-refractivity contribution is 0.743. The normalized spacial score (nSPS) is 10.8. The zero-order chi connectivity index (χ0) is 13.0. The smallest absolute Gasteiger partial charge is 0.278 e. The number of nitrogens with one attached hydrogen (secondary N) is 1. The largest absolute Gasteiger partial charge is 0.298 e. The minimum Gasteiger partial charge on any atom is -0.298 e. The van der Waals surface area contributed by atoms with Gasteiger partial charge in [-0.05, 0) is 5.92 Å². The SMILES string of the molecule is CC(C)CSc1nnc(-c2ccccc2)c(=O)[nH]1. The Morgan fingerprint density at radius 3 is 2.56 bits per heavy atom. The number of H-pyrrole nitrogens is 1. The van der Waals surface area contributed by atoms with E-state index >= 15 is 0 Å². The molecule has 0 saturated carbocycles. The standard InChI is InChI=1S/C13H15N3OS/c1-9(2)8-18-13-14-12(17)11(15-16-13)10-6-4-3-5-7-10/h3-7,9H,8H2,1-2H3,(H,14,16,17). The Morgan fingerprint density at radius 2 is 1.94 bits per heavy atom. The Balaban J connectivity index is 2.23. The zero-order valence-electron chi connectivity index (χ0n) is 10.4. The van der Waals surface area contributed by atoms with Crippen molar-refractivity contribution in [1.29, 1.82) is 0 Å². The molecule has 1 N–H and O–H groups in total. The molecule has 0 atom stereocenters. The van der Waals surface area contributed by atoms with Crippen molar-refractivity contribution in [3.05, 3.63) is 40.7 Å². The van der Waals surface area contributed by atoms with Crippen LogP contribution in [0.3, 0.4) is 0 Å². The summed E-state index contributed by atoms with van der Waals surface area (Å²) in [6, 6.07) is 9.34. The van der Waals surface area contributed by atoms with Crippen LogP contribution in [0.4, 0.5) is 0 Å². The summed E-state index contributed by atoms with van der Waals surface area (Å²) in [6.45, 7) is 4.24. The molecule has 1 heterocycles. The monoisotopic (exact) mass is 261 g/mol. The molecule has 0 unspecified atom stereocenters. The summed E-state index contributed by atoms with van der Waals surface area (Å²) in [4.78, 5) is 14.7. The molecule has 0 radical (unpaired) electrons. The van der Waals surface area contributed by atoms with Crippen molar-refractivity contribution < 1.29 is 0 Å². The third kappa shape index (κ3) is 3.20. The highest BCUT2D eigenvalue weighted by atomic mass is 32.2. The fourth-order valence-corrected chi connectivity index (χ4v) is 2.17. The van der Waals surface area contributed by atoms with E-state index < -0.39 is 0 Å². The van der Waals surface area contributed by atoms with Crippen LogP contribution in [0.2, 0.25) is 0 Å². The van der Waals surface area contributed by atoms with Crippen molar-refractivity contribution >= 4 is 11.8 Å². The maximum Gasteiger partial charge on any atom is 0.278 e. The van der Waals surface area contributed by atoms with E-state index in [1.807, 2.05) is 30.3 Å². The lowest BCUT2D eigenvalue weighted by atomic mass is 10.2. The van der Waals surface area contributed by atoms with Crippen LogP contribution in [0.15, 0.2) is 40.3 Å². The third-order valence-corrected chi connectivity index (χ3v) is 3.57. The minimum atomic E-state index is -0.192. The van der Waals surface area contributed by atoms with E-state index in [0.717, 1.165) is 11.3 Å². The van der Waals surface area contributed by atoms with Gasteiger partial charge in [0, 0.05) is 11.3 Å². The second-order valence-corrected chi connectivity index (χ2v) is 5.39. The lowest BCUT2D eigenvalue weighted by Gasteiger charge is -2.03. The van der Waals surface area contributed by atoms with E-state index in [0.29, 0.717) is 16.8 Å². The molecule has 4 nitrogen and oxygen atoms in total. The predicted molar refractivity (Wildman–Crippen MR) is 73.7 cm³/mol. The molecule has 0 saturated heterocycles. The first kappa shape index (κ1) is 12.8. The number of hydrogen-bond acceptors (Lipinski definition) is 4. The first-order valence-corrected chi connectivity index (χ1v) is 6.80. The van der Waals surface area contributed by atoms with E-state index in [9.17, 15) is 4.79 Å². The Bertz CT molecular complexity index is 566. The van der Waals surface area contributed by atoms with Gasteiger partial charge in [-0.25, -0.2) is 0 Å². The summed E-state index contributed by atoms with van der Waals surface area (Å²) in [6.07, 6.45) is 0. The van der Waals surface area contributed by atoms with E-state index in [1.54, 1.807) is 0 Å². The second kappa shape index (κ2) is 5.82. The number of rotatable bonds is 4. The molecule has 0 bridgehead atoms. The molecule has 0 aliphatic carbocycles. The van der Waals surface area contributed by atoms with Gasteiger partial charge in [0.15, 0.2) is 10.9 Å². The highest BCUT2D eigenvalue weighted by Crippen LogP contribution is 2.16. The van der Waals surface area contributed by atoms with Gasteiger partial charge in [-0.1, -0.05) is 55.9 Å². The Kier molecular flexibility index (Phi) is 4.15. The van der Waals surface area contributed by atoms with E-state index in [1.165, 1.54) is 11.8 Å². The predicted octanol–water partition coefficient (Wildman–Crippen LogP) is 2.58. The van der Waals surface area contributed by atoms with Crippen LogP contribution in [-0.4, -0.2) is 20.9 Å². The van der Waals surface area contributed by atoms with Crippen molar-refractivity contribution in [2.75, 3.05) is 5.75 Å². The van der Waals surface area contributed by atoms with E-state index in [4.69, 9.17) is 0 Å². The molecule has 0 aliphatic heterocycles. The van der Waals surface area contributed by atoms with Gasteiger partial charge in [-0.2, -0.15) is 0 Å². The number of benzene rings is 1. The molecule has 1 aromatic carbocycles. The molecule has 94 valence electrons. The van der Waals surface area contributed by atoms with Crippen LogP contribution in [0, 0.1) is 5.92 Å². The highest BCUT2D eigenvalue weighted by Gasteiger charge is 2.07. The molecular weight excluding hydrogens is 246 g/mol. The maximum atomic E-state index is 11.9. The molecule has 0 amide bonds. The zero-order valence-corrected chi connectivity index (χ0v) is 11.2. The summed E-state index contributed by atoms with van der Waals surface area (Å²) in [5.41, 5.74) is 0.957. The van der Waals surface area contributed by atoms with Crippen molar-refractivity contribution in [3.8, 4) is 11.3 Å². The molecule has 18 heavy (non-hydrogen) atoms. The number of aromatic nitrogens is 3. The first-order chi connectivity index (χ1) is 8.66. The first-order valence-electron chi connectivity index (χ1n) is 5.82. The number of nitrogens with zero attached hydrogens (tertiary/aromatic N) is 2. The van der Waals surface area contributed by atoms with E-state index in [-0.39, 0.29) is 5.56 Å². The van der Waals surface area contributed by atoms with Crippen LogP contribution in [-0.2, 0) is 0 Å². The van der Waals surface area contributed by atoms with Crippen LogP contribution >= 0.6 is 11.8 Å². The van der Waals surface area contributed by atoms with Gasteiger partial charge in [0.1, 0.15) is 0 Å². The maximum absolute atomic E-state index is 11.9. The summed E-state index contributed by atoms with van der Waals surface area (Å²) in [5, 5.41) is 8.63. The fraction of sp³-hybridized carbons (Fsp3) is 0.308. The molecule has 5 heteroatoms. The van der Waals surface area contributed by atoms with Crippen LogP contribution < -0.4 is 5.56 Å². The van der Waals surface area contributed by atoms with Gasteiger partial charge in [-0.3, -0.25) is 9.78 Å². The minimum absolute atomic E-state index is 0.192. The van der Waals surface area contributed by atoms with Crippen molar-refractivity contribution in [3.63, 3.8) is 0 Å². The number of aromatic amines is 1. The molecule has 0 aliphatic rings. The van der Waals surface area contributed by atoms with Crippen molar-refractivity contribution in [2.45, 2.75) is 19.0 Å². The van der Waals surface area contributed by atoms with Gasteiger partial charge in [0.25, 0.3) is 5.56 Å². The number of thioether (sulfide) groups is 1. The second-order valence-electron chi connectivity index (χ2n) is 4.38. The molecular formula is C13H15N3OS. The van der Waals surface area contributed by atoms with Crippen molar-refractivity contribution in [1.82, 2.24) is 15.2 Å². The molecule has 2 aromatic rings. The molecule has 1 aromatic heterocycles. The van der Waals surface area contributed by atoms with Crippen LogP contribution in [0.5, 0.6) is 0 Å². The van der Waals surface area contributed by atoms with E-state index in [2.05, 4.69) is 29.0 Å². The molecule has 0 fully saturated rings. The number of hydrogen-bond donors (Lipinski definition) is 1. The van der Waals surface area contributed by atoms with Gasteiger partial charge >= 0.3 is 0 Å². The third-order valence-electron chi connectivity index (χ3n) is 2.28. The van der Waals surface area contributed by atoms with Gasteiger partial charge in [-0.15, -0.1) is 10.2 Å². The summed E-state index contributed by atoms with van der Waals surface area (Å²) < 4.78 is 0. The van der Waals surface area contributed by atoms with Crippen LogP contribution in [0.25, 0.3) is 11.3 Å². The highest BCUT2D eigenvalue weighted by molar-refractivity contribution is 7.99. The molecule has 0 spiro atoms. The average molecular weight is 261 g/mol. The van der Waals surface area contributed by atoms with Gasteiger partial charge in [0.2, 0.25) is 0 Å².